The molecule has 4 nitrogen and oxygen atoms in total. The van der Waals surface area contributed by atoms with Gasteiger partial charge in [-0.05, 0) is 26.4 Å². The molecule has 80 valence electrons. The minimum Gasteiger partial charge on any atom is -0.464 e. The zero-order chi connectivity index (χ0) is 9.97. The van der Waals surface area contributed by atoms with E-state index in [0.717, 1.165) is 19.5 Å². The molecule has 0 spiro atoms. The van der Waals surface area contributed by atoms with E-state index >= 15 is 0 Å². The van der Waals surface area contributed by atoms with Crippen molar-refractivity contribution < 1.29 is 9.53 Å². The van der Waals surface area contributed by atoms with Crippen molar-refractivity contribution in [3.63, 3.8) is 0 Å². The van der Waals surface area contributed by atoms with Crippen LogP contribution in [-0.4, -0.2) is 49.7 Å². The number of carbonyl (C=O) groups is 1. The van der Waals surface area contributed by atoms with Crippen molar-refractivity contribution in [2.45, 2.75) is 31.3 Å². The Morgan fingerprint density at radius 2 is 2.43 bits per heavy atom. The van der Waals surface area contributed by atoms with Crippen molar-refractivity contribution in [1.82, 2.24) is 10.2 Å². The topological polar surface area (TPSA) is 41.6 Å². The van der Waals surface area contributed by atoms with Gasteiger partial charge in [-0.15, -0.1) is 0 Å². The molecule has 0 aromatic carbocycles. The lowest BCUT2D eigenvalue weighted by Gasteiger charge is -2.24. The fraction of sp³-hybridized carbons (Fsp3) is 0.900. The highest BCUT2D eigenvalue weighted by Crippen LogP contribution is 2.14. The van der Waals surface area contributed by atoms with Gasteiger partial charge in [0, 0.05) is 19.0 Å². The van der Waals surface area contributed by atoms with Crippen LogP contribution in [0.25, 0.3) is 0 Å². The van der Waals surface area contributed by atoms with Crippen LogP contribution in [0, 0.1) is 0 Å². The van der Waals surface area contributed by atoms with Crippen LogP contribution < -0.4 is 5.32 Å². The van der Waals surface area contributed by atoms with Gasteiger partial charge in [-0.3, -0.25) is 9.69 Å². The zero-order valence-corrected chi connectivity index (χ0v) is 8.66. The summed E-state index contributed by atoms with van der Waals surface area (Å²) in [6.07, 6.45) is 3.34. The van der Waals surface area contributed by atoms with Gasteiger partial charge in [-0.25, -0.2) is 0 Å². The van der Waals surface area contributed by atoms with Gasteiger partial charge in [0.2, 0.25) is 0 Å². The first kappa shape index (κ1) is 9.93. The fourth-order valence-electron chi connectivity index (χ4n) is 2.27. The van der Waals surface area contributed by atoms with E-state index in [2.05, 4.69) is 10.2 Å². The Kier molecular flexibility index (Phi) is 3.03. The Hall–Kier alpha value is -0.610. The van der Waals surface area contributed by atoms with Crippen LogP contribution in [0.4, 0.5) is 0 Å². The quantitative estimate of drug-likeness (QED) is 0.647. The smallest absolute Gasteiger partial charge is 0.323 e. The number of nitrogens with zero attached hydrogens (tertiary/aromatic N) is 1. The molecule has 2 rings (SSSR count). The lowest BCUT2D eigenvalue weighted by molar-refractivity contribution is -0.142. The molecule has 0 saturated carbocycles. The monoisotopic (exact) mass is 198 g/mol. The highest BCUT2D eigenvalue weighted by atomic mass is 16.5. The van der Waals surface area contributed by atoms with Crippen LogP contribution in [0.3, 0.4) is 0 Å². The van der Waals surface area contributed by atoms with Gasteiger partial charge in [0.1, 0.15) is 6.04 Å². The summed E-state index contributed by atoms with van der Waals surface area (Å²) in [6.45, 7) is 2.67. The van der Waals surface area contributed by atoms with Crippen LogP contribution in [0.5, 0.6) is 0 Å². The van der Waals surface area contributed by atoms with E-state index in [0.29, 0.717) is 12.6 Å². The van der Waals surface area contributed by atoms with Crippen LogP contribution in [0.15, 0.2) is 0 Å². The van der Waals surface area contributed by atoms with Gasteiger partial charge >= 0.3 is 5.97 Å². The number of rotatable bonds is 3. The third-order valence-corrected chi connectivity index (χ3v) is 3.11. The molecule has 2 aliphatic heterocycles. The molecule has 0 aromatic rings. The number of cyclic esters (lactones) is 1. The lowest BCUT2D eigenvalue weighted by atomic mass is 10.1. The van der Waals surface area contributed by atoms with Crippen LogP contribution in [-0.2, 0) is 9.53 Å². The first-order valence-corrected chi connectivity index (χ1v) is 5.37. The molecule has 0 aliphatic carbocycles. The largest absolute Gasteiger partial charge is 0.464 e. The normalized spacial score (nSPS) is 32.6. The first-order chi connectivity index (χ1) is 6.77. The molecule has 2 aliphatic rings. The standard InChI is InChI=1S/C10H18N2O2/c1-12(7-8-3-2-5-11-8)9-4-6-14-10(9)13/h8-9,11H,2-7H2,1H3. The van der Waals surface area contributed by atoms with E-state index in [-0.39, 0.29) is 12.0 Å². The number of carbonyl (C=O) groups excluding carboxylic acids is 1. The maximum atomic E-state index is 11.3. The SMILES string of the molecule is CN(CC1CCCN1)C1CCOC1=O. The second-order valence-electron chi connectivity index (χ2n) is 4.20. The molecule has 0 aromatic heterocycles. The summed E-state index contributed by atoms with van der Waals surface area (Å²) < 4.78 is 4.95. The van der Waals surface area contributed by atoms with E-state index in [1.807, 2.05) is 7.05 Å². The number of hydrogen-bond acceptors (Lipinski definition) is 4. The number of esters is 1. The van der Waals surface area contributed by atoms with E-state index in [1.165, 1.54) is 12.8 Å². The summed E-state index contributed by atoms with van der Waals surface area (Å²) in [6, 6.07) is 0.561. The minimum atomic E-state index is -0.0505. The van der Waals surface area contributed by atoms with E-state index in [1.54, 1.807) is 0 Å². The summed E-state index contributed by atoms with van der Waals surface area (Å²) in [4.78, 5) is 13.4. The highest BCUT2D eigenvalue weighted by Gasteiger charge is 2.31. The van der Waals surface area contributed by atoms with Gasteiger partial charge in [-0.2, -0.15) is 0 Å². The van der Waals surface area contributed by atoms with E-state index < -0.39 is 0 Å². The Morgan fingerprint density at radius 1 is 1.57 bits per heavy atom. The van der Waals surface area contributed by atoms with Crippen molar-refractivity contribution in [3.8, 4) is 0 Å². The van der Waals surface area contributed by atoms with Crippen molar-refractivity contribution in [2.75, 3.05) is 26.7 Å². The van der Waals surface area contributed by atoms with Crippen LogP contribution in [0.2, 0.25) is 0 Å². The number of likely N-dealkylation sites (N-methyl/N-ethyl adjacent to an activating group) is 1. The summed E-state index contributed by atoms with van der Waals surface area (Å²) in [5.74, 6) is -0.0505. The Labute approximate surface area is 84.6 Å². The molecule has 1 N–H and O–H groups in total. The molecule has 2 atom stereocenters. The molecule has 2 fully saturated rings. The minimum absolute atomic E-state index is 0.00241. The molecule has 14 heavy (non-hydrogen) atoms. The first-order valence-electron chi connectivity index (χ1n) is 5.37. The van der Waals surface area contributed by atoms with Crippen LogP contribution >= 0.6 is 0 Å². The predicted molar refractivity (Wildman–Crippen MR) is 53.0 cm³/mol. The second kappa shape index (κ2) is 4.28. The maximum Gasteiger partial charge on any atom is 0.323 e. The maximum absolute atomic E-state index is 11.3. The molecule has 0 bridgehead atoms. The lowest BCUT2D eigenvalue weighted by Crippen LogP contribution is -2.42. The van der Waals surface area contributed by atoms with Gasteiger partial charge < -0.3 is 10.1 Å². The molecule has 0 amide bonds. The molecular formula is C10H18N2O2. The average Bonchev–Trinajstić information content (AvgIpc) is 2.75. The third kappa shape index (κ3) is 2.07. The summed E-state index contributed by atoms with van der Waals surface area (Å²) in [7, 11) is 2.01. The number of nitrogens with one attached hydrogen (secondary N) is 1. The molecule has 2 saturated heterocycles. The van der Waals surface area contributed by atoms with Gasteiger partial charge in [-0.1, -0.05) is 0 Å². The third-order valence-electron chi connectivity index (χ3n) is 3.11. The van der Waals surface area contributed by atoms with Crippen molar-refractivity contribution >= 4 is 5.97 Å². The van der Waals surface area contributed by atoms with E-state index in [9.17, 15) is 4.79 Å². The Morgan fingerprint density at radius 3 is 3.00 bits per heavy atom. The van der Waals surface area contributed by atoms with Gasteiger partial charge in [0.15, 0.2) is 0 Å². The van der Waals surface area contributed by atoms with Crippen molar-refractivity contribution in [2.24, 2.45) is 0 Å². The van der Waals surface area contributed by atoms with E-state index in [4.69, 9.17) is 4.74 Å². The number of ether oxygens (including phenoxy) is 1. The summed E-state index contributed by atoms with van der Waals surface area (Å²) >= 11 is 0. The highest BCUT2D eigenvalue weighted by molar-refractivity contribution is 5.77. The second-order valence-corrected chi connectivity index (χ2v) is 4.20. The van der Waals surface area contributed by atoms with Crippen molar-refractivity contribution in [1.29, 1.82) is 0 Å². The summed E-state index contributed by atoms with van der Waals surface area (Å²) in [5.41, 5.74) is 0. The molecular weight excluding hydrogens is 180 g/mol. The predicted octanol–water partition coefficient (Wildman–Crippen LogP) is -0.0143. The fourth-order valence-corrected chi connectivity index (χ4v) is 2.27. The number of hydrogen-bond donors (Lipinski definition) is 1. The Balaban J connectivity index is 1.81. The van der Waals surface area contributed by atoms with Crippen molar-refractivity contribution in [3.05, 3.63) is 0 Å². The van der Waals surface area contributed by atoms with Crippen LogP contribution in [0.1, 0.15) is 19.3 Å². The molecule has 2 unspecified atom stereocenters. The molecule has 2 heterocycles. The molecule has 4 heteroatoms. The Bertz CT molecular complexity index is 214. The van der Waals surface area contributed by atoms with Gasteiger partial charge in [0.05, 0.1) is 6.61 Å². The summed E-state index contributed by atoms with van der Waals surface area (Å²) in [5, 5.41) is 3.43. The zero-order valence-electron chi connectivity index (χ0n) is 8.66. The molecule has 0 radical (unpaired) electrons. The van der Waals surface area contributed by atoms with Gasteiger partial charge in [0.25, 0.3) is 0 Å². The average molecular weight is 198 g/mol.